The van der Waals surface area contributed by atoms with Crippen LogP contribution in [0.15, 0.2) is 47.6 Å². The number of carbonyl (C=O) groups is 2. The first-order valence-corrected chi connectivity index (χ1v) is 8.51. The summed E-state index contributed by atoms with van der Waals surface area (Å²) in [6, 6.07) is 11.3. The van der Waals surface area contributed by atoms with Crippen molar-refractivity contribution < 1.29 is 19.2 Å². The van der Waals surface area contributed by atoms with Crippen molar-refractivity contribution in [3.8, 4) is 5.75 Å². The topological polar surface area (TPSA) is 126 Å². The summed E-state index contributed by atoms with van der Waals surface area (Å²) in [6.07, 6.45) is 0.832. The van der Waals surface area contributed by atoms with Crippen molar-refractivity contribution in [2.24, 2.45) is 5.10 Å². The first-order chi connectivity index (χ1) is 13.8. The molecule has 0 atom stereocenters. The standard InChI is InChI=1S/C19H21N5O5/c1-23(2)16-8-7-13(9-17(16)24(27)28)12-20-22-19(26)11-18(25)21-14-5-4-6-15(10-14)29-3/h4-10,12H,11H2,1-3H3,(H,21,25)(H,22,26). The second kappa shape index (κ2) is 9.83. The molecule has 2 N–H and O–H groups in total. The van der Waals surface area contributed by atoms with Gasteiger partial charge in [0.05, 0.1) is 18.2 Å². The molecule has 0 aromatic heterocycles. The highest BCUT2D eigenvalue weighted by Crippen LogP contribution is 2.27. The molecule has 0 saturated carbocycles. The van der Waals surface area contributed by atoms with E-state index in [0.717, 1.165) is 0 Å². The largest absolute Gasteiger partial charge is 0.497 e. The van der Waals surface area contributed by atoms with E-state index in [1.54, 1.807) is 55.4 Å². The number of carbonyl (C=O) groups excluding carboxylic acids is 2. The van der Waals surface area contributed by atoms with Crippen LogP contribution in [-0.4, -0.2) is 44.2 Å². The van der Waals surface area contributed by atoms with E-state index < -0.39 is 23.2 Å². The molecule has 152 valence electrons. The fourth-order valence-corrected chi connectivity index (χ4v) is 2.42. The van der Waals surface area contributed by atoms with E-state index in [4.69, 9.17) is 4.74 Å². The number of methoxy groups -OCH3 is 1. The number of hydrazone groups is 1. The fourth-order valence-electron chi connectivity index (χ4n) is 2.42. The van der Waals surface area contributed by atoms with Crippen molar-refractivity contribution in [3.05, 3.63) is 58.1 Å². The van der Waals surface area contributed by atoms with Gasteiger partial charge >= 0.3 is 0 Å². The molecule has 0 fully saturated rings. The van der Waals surface area contributed by atoms with Crippen molar-refractivity contribution in [1.29, 1.82) is 0 Å². The maximum absolute atomic E-state index is 11.9. The highest BCUT2D eigenvalue weighted by atomic mass is 16.6. The minimum Gasteiger partial charge on any atom is -0.497 e. The number of ether oxygens (including phenoxy) is 1. The molecular weight excluding hydrogens is 378 g/mol. The summed E-state index contributed by atoms with van der Waals surface area (Å²) >= 11 is 0. The van der Waals surface area contributed by atoms with Gasteiger partial charge < -0.3 is 15.0 Å². The van der Waals surface area contributed by atoms with Crippen LogP contribution in [0.2, 0.25) is 0 Å². The molecule has 0 saturated heterocycles. The summed E-state index contributed by atoms with van der Waals surface area (Å²) in [5, 5.41) is 17.5. The van der Waals surface area contributed by atoms with Gasteiger partial charge in [-0.15, -0.1) is 0 Å². The number of nitro benzene ring substituents is 1. The molecule has 2 aromatic rings. The number of nitrogens with zero attached hydrogens (tertiary/aromatic N) is 3. The summed E-state index contributed by atoms with van der Waals surface area (Å²) in [7, 11) is 4.91. The molecule has 2 rings (SSSR count). The summed E-state index contributed by atoms with van der Waals surface area (Å²) < 4.78 is 5.06. The Bertz CT molecular complexity index is 942. The van der Waals surface area contributed by atoms with Gasteiger partial charge in [0.2, 0.25) is 11.8 Å². The van der Waals surface area contributed by atoms with Gasteiger partial charge in [-0.05, 0) is 18.2 Å². The Hall–Kier alpha value is -3.95. The second-order valence-corrected chi connectivity index (χ2v) is 6.15. The number of amides is 2. The van der Waals surface area contributed by atoms with Gasteiger partial charge in [-0.1, -0.05) is 12.1 Å². The first-order valence-electron chi connectivity index (χ1n) is 8.51. The van der Waals surface area contributed by atoms with Crippen molar-refractivity contribution in [1.82, 2.24) is 5.43 Å². The van der Waals surface area contributed by atoms with Gasteiger partial charge in [0.15, 0.2) is 0 Å². The van der Waals surface area contributed by atoms with Crippen LogP contribution in [0, 0.1) is 10.1 Å². The number of rotatable bonds is 8. The summed E-state index contributed by atoms with van der Waals surface area (Å²) in [6.45, 7) is 0. The number of hydrogen-bond donors (Lipinski definition) is 2. The van der Waals surface area contributed by atoms with Crippen molar-refractivity contribution in [2.75, 3.05) is 31.4 Å². The lowest BCUT2D eigenvalue weighted by molar-refractivity contribution is -0.384. The van der Waals surface area contributed by atoms with Crippen molar-refractivity contribution >= 4 is 35.1 Å². The van der Waals surface area contributed by atoms with Gasteiger partial charge in [-0.2, -0.15) is 5.10 Å². The Labute approximate surface area is 167 Å². The minimum atomic E-state index is -0.624. The zero-order valence-electron chi connectivity index (χ0n) is 16.2. The molecule has 0 heterocycles. The lowest BCUT2D eigenvalue weighted by Crippen LogP contribution is -2.24. The predicted molar refractivity (Wildman–Crippen MR) is 109 cm³/mol. The number of hydrogen-bond acceptors (Lipinski definition) is 7. The summed E-state index contributed by atoms with van der Waals surface area (Å²) in [5.41, 5.74) is 3.52. The Kier molecular flexibility index (Phi) is 7.24. The molecular formula is C19H21N5O5. The van der Waals surface area contributed by atoms with E-state index in [2.05, 4.69) is 15.8 Å². The van der Waals surface area contributed by atoms with Crippen LogP contribution in [0.4, 0.5) is 17.1 Å². The third-order valence-corrected chi connectivity index (χ3v) is 3.76. The van der Waals surface area contributed by atoms with Gasteiger partial charge in [0.25, 0.3) is 5.69 Å². The van der Waals surface area contributed by atoms with Crippen molar-refractivity contribution in [3.63, 3.8) is 0 Å². The Morgan fingerprint density at radius 1 is 1.21 bits per heavy atom. The minimum absolute atomic E-state index is 0.0806. The lowest BCUT2D eigenvalue weighted by atomic mass is 10.2. The zero-order chi connectivity index (χ0) is 21.4. The third-order valence-electron chi connectivity index (χ3n) is 3.76. The van der Waals surface area contributed by atoms with Crippen LogP contribution >= 0.6 is 0 Å². The SMILES string of the molecule is COc1cccc(NC(=O)CC(=O)NN=Cc2ccc(N(C)C)c([N+](=O)[O-])c2)c1. The Morgan fingerprint density at radius 3 is 2.62 bits per heavy atom. The van der Waals surface area contributed by atoms with E-state index in [1.165, 1.54) is 19.4 Å². The molecule has 0 bridgehead atoms. The average Bonchev–Trinajstić information content (AvgIpc) is 2.67. The number of anilines is 2. The molecule has 0 aliphatic rings. The molecule has 2 amide bonds. The van der Waals surface area contributed by atoms with E-state index in [9.17, 15) is 19.7 Å². The number of nitrogens with one attached hydrogen (secondary N) is 2. The molecule has 0 unspecified atom stereocenters. The summed E-state index contributed by atoms with van der Waals surface area (Å²) in [4.78, 5) is 36.1. The van der Waals surface area contributed by atoms with Crippen LogP contribution in [0.5, 0.6) is 5.75 Å². The molecule has 0 radical (unpaired) electrons. The van der Waals surface area contributed by atoms with E-state index in [1.807, 2.05) is 0 Å². The maximum Gasteiger partial charge on any atom is 0.293 e. The van der Waals surface area contributed by atoms with Gasteiger partial charge in [-0.25, -0.2) is 5.43 Å². The van der Waals surface area contributed by atoms with Crippen LogP contribution < -0.4 is 20.4 Å². The molecule has 0 aliphatic carbocycles. The summed E-state index contributed by atoms with van der Waals surface area (Å²) in [5.74, 6) is -0.566. The highest BCUT2D eigenvalue weighted by Gasteiger charge is 2.15. The zero-order valence-corrected chi connectivity index (χ0v) is 16.2. The molecule has 10 heteroatoms. The lowest BCUT2D eigenvalue weighted by Gasteiger charge is -2.12. The number of nitro groups is 1. The maximum atomic E-state index is 11.9. The normalized spacial score (nSPS) is 10.4. The third kappa shape index (κ3) is 6.31. The van der Waals surface area contributed by atoms with E-state index in [0.29, 0.717) is 22.7 Å². The monoisotopic (exact) mass is 399 g/mol. The second-order valence-electron chi connectivity index (χ2n) is 6.15. The van der Waals surface area contributed by atoms with Gasteiger partial charge in [0.1, 0.15) is 17.9 Å². The molecule has 0 spiro atoms. The quantitative estimate of drug-likeness (QED) is 0.303. The van der Waals surface area contributed by atoms with E-state index in [-0.39, 0.29) is 5.69 Å². The smallest absolute Gasteiger partial charge is 0.293 e. The Balaban J connectivity index is 1.92. The van der Waals surface area contributed by atoms with Gasteiger partial charge in [0, 0.05) is 37.5 Å². The predicted octanol–water partition coefficient (Wildman–Crippen LogP) is 2.15. The molecule has 0 aliphatic heterocycles. The fraction of sp³-hybridized carbons (Fsp3) is 0.211. The van der Waals surface area contributed by atoms with Gasteiger partial charge in [-0.3, -0.25) is 19.7 Å². The number of benzene rings is 2. The van der Waals surface area contributed by atoms with Crippen LogP contribution in [0.1, 0.15) is 12.0 Å². The van der Waals surface area contributed by atoms with Crippen LogP contribution in [0.3, 0.4) is 0 Å². The van der Waals surface area contributed by atoms with Crippen LogP contribution in [0.25, 0.3) is 0 Å². The van der Waals surface area contributed by atoms with Crippen molar-refractivity contribution in [2.45, 2.75) is 6.42 Å². The average molecular weight is 399 g/mol. The molecule has 29 heavy (non-hydrogen) atoms. The molecule has 2 aromatic carbocycles. The van der Waals surface area contributed by atoms with E-state index >= 15 is 0 Å². The highest BCUT2D eigenvalue weighted by molar-refractivity contribution is 6.03. The van der Waals surface area contributed by atoms with Crippen LogP contribution in [-0.2, 0) is 9.59 Å². The first kappa shape index (κ1) is 21.4. The molecule has 10 nitrogen and oxygen atoms in total. The Morgan fingerprint density at radius 2 is 1.97 bits per heavy atom.